The zero-order chi connectivity index (χ0) is 21.2. The number of benzene rings is 1. The molecule has 1 aliphatic heterocycles. The van der Waals surface area contributed by atoms with Gasteiger partial charge in [-0.15, -0.1) is 10.2 Å². The van der Waals surface area contributed by atoms with Crippen LogP contribution in [0.15, 0.2) is 22.5 Å². The Hall–Kier alpha value is -1.36. The molecule has 0 radical (unpaired) electrons. The second-order valence-corrected chi connectivity index (χ2v) is 12.1. The lowest BCUT2D eigenvalue weighted by molar-refractivity contribution is -0.131. The van der Waals surface area contributed by atoms with Crippen LogP contribution >= 0.6 is 34.7 Å². The van der Waals surface area contributed by atoms with E-state index in [4.69, 9.17) is 11.6 Å². The Morgan fingerprint density at radius 2 is 2.21 bits per heavy atom. The van der Waals surface area contributed by atoms with E-state index in [1.54, 1.807) is 4.90 Å². The number of aryl methyl sites for hydroxylation is 1. The summed E-state index contributed by atoms with van der Waals surface area (Å²) in [5.41, 5.74) is 1.81. The Labute approximate surface area is 184 Å². The molecule has 1 saturated heterocycles. The molecule has 11 heteroatoms. The first-order valence-electron chi connectivity index (χ1n) is 9.22. The van der Waals surface area contributed by atoms with Gasteiger partial charge in [0.1, 0.15) is 0 Å². The number of hydrogen-bond acceptors (Lipinski definition) is 8. The molecule has 0 aliphatic carbocycles. The van der Waals surface area contributed by atoms with Gasteiger partial charge in [-0.1, -0.05) is 40.8 Å². The van der Waals surface area contributed by atoms with Crippen molar-refractivity contribution in [3.8, 4) is 0 Å². The summed E-state index contributed by atoms with van der Waals surface area (Å²) in [4.78, 5) is 14.6. The molecule has 2 heterocycles. The summed E-state index contributed by atoms with van der Waals surface area (Å²) >= 11 is 8.83. The molecule has 7 nitrogen and oxygen atoms in total. The summed E-state index contributed by atoms with van der Waals surface area (Å²) in [7, 11) is -3.04. The van der Waals surface area contributed by atoms with Crippen molar-refractivity contribution in [2.45, 2.75) is 42.8 Å². The van der Waals surface area contributed by atoms with Crippen molar-refractivity contribution in [3.63, 3.8) is 0 Å². The van der Waals surface area contributed by atoms with E-state index in [0.717, 1.165) is 11.3 Å². The lowest BCUT2D eigenvalue weighted by Crippen LogP contribution is -2.44. The number of carbonyl (C=O) groups is 1. The predicted molar refractivity (Wildman–Crippen MR) is 119 cm³/mol. The third-order valence-electron chi connectivity index (χ3n) is 4.73. The predicted octanol–water partition coefficient (Wildman–Crippen LogP) is 3.76. The van der Waals surface area contributed by atoms with Gasteiger partial charge in [-0.05, 0) is 44.9 Å². The summed E-state index contributed by atoms with van der Waals surface area (Å²) in [5.74, 6) is 0.127. The highest BCUT2D eigenvalue weighted by Crippen LogP contribution is 2.32. The fourth-order valence-electron chi connectivity index (χ4n) is 3.15. The fourth-order valence-corrected chi connectivity index (χ4v) is 7.05. The second kappa shape index (κ2) is 9.20. The van der Waals surface area contributed by atoms with Crippen molar-refractivity contribution in [2.24, 2.45) is 0 Å². The third-order valence-corrected chi connectivity index (χ3v) is 8.90. The standard InChI is InChI=1S/C18H23ClN4O3S3/c1-4-23(14-7-8-29(25,26)10-14)16(24)12(3)27-18-22-21-17(28-18)20-13-6-5-11(2)15(19)9-13/h5-6,9,12,14H,4,7-8,10H2,1-3H3,(H,20,21). The van der Waals surface area contributed by atoms with Gasteiger partial charge < -0.3 is 10.2 Å². The average molecular weight is 475 g/mol. The number of thioether (sulfide) groups is 1. The van der Waals surface area contributed by atoms with E-state index in [0.29, 0.717) is 27.5 Å². The number of aromatic nitrogens is 2. The molecular weight excluding hydrogens is 452 g/mol. The average Bonchev–Trinajstić information content (AvgIpc) is 3.24. The van der Waals surface area contributed by atoms with Gasteiger partial charge in [-0.2, -0.15) is 0 Å². The van der Waals surface area contributed by atoms with Crippen LogP contribution in [0.25, 0.3) is 0 Å². The van der Waals surface area contributed by atoms with Gasteiger partial charge in [0.15, 0.2) is 14.2 Å². The molecule has 2 aromatic rings. The molecular formula is C18H23ClN4O3S3. The van der Waals surface area contributed by atoms with Gasteiger partial charge in [-0.25, -0.2) is 8.42 Å². The Kier molecular flexibility index (Phi) is 7.08. The number of nitrogens with zero attached hydrogens (tertiary/aromatic N) is 3. The molecule has 1 aromatic heterocycles. The summed E-state index contributed by atoms with van der Waals surface area (Å²) in [6, 6.07) is 5.42. The van der Waals surface area contributed by atoms with Gasteiger partial charge >= 0.3 is 0 Å². The molecule has 1 amide bonds. The maximum absolute atomic E-state index is 12.9. The quantitative estimate of drug-likeness (QED) is 0.610. The van der Waals surface area contributed by atoms with E-state index < -0.39 is 9.84 Å². The highest BCUT2D eigenvalue weighted by atomic mass is 35.5. The number of carbonyl (C=O) groups excluding carboxylic acids is 1. The van der Waals surface area contributed by atoms with Crippen LogP contribution < -0.4 is 5.32 Å². The van der Waals surface area contributed by atoms with Crippen molar-refractivity contribution in [1.82, 2.24) is 15.1 Å². The molecule has 0 bridgehead atoms. The van der Waals surface area contributed by atoms with Crippen LogP contribution in [0.2, 0.25) is 5.02 Å². The van der Waals surface area contributed by atoms with Gasteiger partial charge in [-0.3, -0.25) is 4.79 Å². The summed E-state index contributed by atoms with van der Waals surface area (Å²) in [5, 5.41) is 12.3. The molecule has 1 aromatic carbocycles. The minimum atomic E-state index is -3.04. The van der Waals surface area contributed by atoms with E-state index in [1.807, 2.05) is 39.0 Å². The zero-order valence-electron chi connectivity index (χ0n) is 16.4. The smallest absolute Gasteiger partial charge is 0.236 e. The monoisotopic (exact) mass is 474 g/mol. The Morgan fingerprint density at radius 3 is 2.83 bits per heavy atom. The van der Waals surface area contributed by atoms with Crippen molar-refractivity contribution in [1.29, 1.82) is 0 Å². The first kappa shape index (κ1) is 22.3. The summed E-state index contributed by atoms with van der Waals surface area (Å²) in [6.45, 7) is 6.11. The van der Waals surface area contributed by atoms with Crippen molar-refractivity contribution < 1.29 is 13.2 Å². The van der Waals surface area contributed by atoms with Crippen LogP contribution in [-0.2, 0) is 14.6 Å². The van der Waals surface area contributed by atoms with E-state index in [2.05, 4.69) is 15.5 Å². The zero-order valence-corrected chi connectivity index (χ0v) is 19.6. The van der Waals surface area contributed by atoms with Crippen LogP contribution in [0.1, 0.15) is 25.8 Å². The maximum Gasteiger partial charge on any atom is 0.236 e. The Bertz CT molecular complexity index is 996. The molecule has 1 aliphatic rings. The number of rotatable bonds is 7. The first-order chi connectivity index (χ1) is 13.7. The van der Waals surface area contributed by atoms with E-state index in [9.17, 15) is 13.2 Å². The minimum absolute atomic E-state index is 0.0515. The van der Waals surface area contributed by atoms with Gasteiger partial charge in [0.2, 0.25) is 11.0 Å². The normalized spacial score (nSPS) is 19.1. The number of amides is 1. The number of nitrogens with one attached hydrogen (secondary N) is 1. The maximum atomic E-state index is 12.9. The summed E-state index contributed by atoms with van der Waals surface area (Å²) in [6.07, 6.45) is 0.505. The summed E-state index contributed by atoms with van der Waals surface area (Å²) < 4.78 is 24.2. The molecule has 0 spiro atoms. The van der Waals surface area contributed by atoms with Crippen LogP contribution in [-0.4, -0.2) is 58.8 Å². The molecule has 0 saturated carbocycles. The molecule has 3 rings (SSSR count). The van der Waals surface area contributed by atoms with Crippen LogP contribution in [0, 0.1) is 6.92 Å². The molecule has 29 heavy (non-hydrogen) atoms. The number of halogens is 1. The molecule has 158 valence electrons. The van der Waals surface area contributed by atoms with Crippen molar-refractivity contribution in [2.75, 3.05) is 23.4 Å². The van der Waals surface area contributed by atoms with Crippen molar-refractivity contribution >= 4 is 61.3 Å². The highest BCUT2D eigenvalue weighted by molar-refractivity contribution is 8.02. The van der Waals surface area contributed by atoms with E-state index in [-0.39, 0.29) is 28.7 Å². The van der Waals surface area contributed by atoms with E-state index >= 15 is 0 Å². The topological polar surface area (TPSA) is 92.3 Å². The van der Waals surface area contributed by atoms with Crippen LogP contribution in [0.5, 0.6) is 0 Å². The van der Waals surface area contributed by atoms with Gasteiger partial charge in [0.25, 0.3) is 0 Å². The Balaban J connectivity index is 1.62. The van der Waals surface area contributed by atoms with Crippen molar-refractivity contribution in [3.05, 3.63) is 28.8 Å². The highest BCUT2D eigenvalue weighted by Gasteiger charge is 2.35. The molecule has 2 unspecified atom stereocenters. The minimum Gasteiger partial charge on any atom is -0.338 e. The lowest BCUT2D eigenvalue weighted by atomic mass is 10.2. The van der Waals surface area contributed by atoms with Crippen LogP contribution in [0.4, 0.5) is 10.8 Å². The SMILES string of the molecule is CCN(C(=O)C(C)Sc1nnc(Nc2ccc(C)c(Cl)c2)s1)C1CCS(=O)(=O)C1. The lowest BCUT2D eigenvalue weighted by Gasteiger charge is -2.29. The van der Waals surface area contributed by atoms with Gasteiger partial charge in [0, 0.05) is 23.3 Å². The molecule has 2 atom stereocenters. The van der Waals surface area contributed by atoms with Crippen LogP contribution in [0.3, 0.4) is 0 Å². The number of anilines is 2. The first-order valence-corrected chi connectivity index (χ1v) is 13.1. The fraction of sp³-hybridized carbons (Fsp3) is 0.500. The van der Waals surface area contributed by atoms with Gasteiger partial charge in [0.05, 0.1) is 16.8 Å². The largest absolute Gasteiger partial charge is 0.338 e. The molecule has 1 N–H and O–H groups in total. The third kappa shape index (κ3) is 5.62. The Morgan fingerprint density at radius 1 is 1.45 bits per heavy atom. The van der Waals surface area contributed by atoms with E-state index in [1.165, 1.54) is 23.1 Å². The molecule has 1 fully saturated rings. The second-order valence-electron chi connectivity index (χ2n) is 6.90. The number of sulfone groups is 1. The number of hydrogen-bond donors (Lipinski definition) is 1.